The summed E-state index contributed by atoms with van der Waals surface area (Å²) in [7, 11) is 0. The van der Waals surface area contributed by atoms with Gasteiger partial charge in [0.1, 0.15) is 0 Å². The Hall–Kier alpha value is -1.32. The van der Waals surface area contributed by atoms with Crippen molar-refractivity contribution in [3.05, 3.63) is 36.0 Å². The van der Waals surface area contributed by atoms with Gasteiger partial charge < -0.3 is 14.8 Å². The first kappa shape index (κ1) is 11.8. The van der Waals surface area contributed by atoms with Crippen LogP contribution in [0, 0.1) is 5.92 Å². The number of benzene rings is 1. The lowest BCUT2D eigenvalue weighted by Gasteiger charge is -2.46. The predicted octanol–water partition coefficient (Wildman–Crippen LogP) is 2.45. The molecular formula is C15H19NO2. The number of aliphatic hydroxyl groups excluding tert-OH is 1. The average molecular weight is 245 g/mol. The summed E-state index contributed by atoms with van der Waals surface area (Å²) in [4.78, 5) is 3.33. The largest absolute Gasteiger partial charge is 0.396 e. The molecule has 1 aromatic carbocycles. The van der Waals surface area contributed by atoms with Crippen LogP contribution < -0.4 is 0 Å². The molecule has 1 aromatic heterocycles. The lowest BCUT2D eigenvalue weighted by molar-refractivity contribution is -0.100. The van der Waals surface area contributed by atoms with Crippen molar-refractivity contribution in [2.45, 2.75) is 18.8 Å². The Morgan fingerprint density at radius 1 is 1.39 bits per heavy atom. The highest BCUT2D eigenvalue weighted by molar-refractivity contribution is 5.84. The highest BCUT2D eigenvalue weighted by Gasteiger charge is 2.47. The van der Waals surface area contributed by atoms with E-state index in [1.54, 1.807) is 0 Å². The normalized spacial score (nSPS) is 19.7. The Balaban J connectivity index is 2.11. The second kappa shape index (κ2) is 4.41. The summed E-state index contributed by atoms with van der Waals surface area (Å²) in [6.07, 6.45) is 3.06. The molecule has 1 saturated heterocycles. The number of aliphatic hydroxyl groups is 1. The lowest BCUT2D eigenvalue weighted by Crippen LogP contribution is -2.53. The molecule has 1 atom stereocenters. The van der Waals surface area contributed by atoms with Gasteiger partial charge in [-0.1, -0.05) is 31.5 Å². The minimum atomic E-state index is -0.0108. The van der Waals surface area contributed by atoms with Gasteiger partial charge in [-0.25, -0.2) is 0 Å². The van der Waals surface area contributed by atoms with E-state index < -0.39 is 0 Å². The third kappa shape index (κ3) is 1.51. The Morgan fingerprint density at radius 2 is 2.17 bits per heavy atom. The molecule has 18 heavy (non-hydrogen) atoms. The molecule has 1 aliphatic rings. The van der Waals surface area contributed by atoms with Gasteiger partial charge in [0.2, 0.25) is 0 Å². The Morgan fingerprint density at radius 3 is 2.78 bits per heavy atom. The van der Waals surface area contributed by atoms with Crippen molar-refractivity contribution >= 4 is 10.9 Å². The summed E-state index contributed by atoms with van der Waals surface area (Å²) in [5.74, 6) is 0.269. The van der Waals surface area contributed by atoms with Crippen molar-refractivity contribution in [3.63, 3.8) is 0 Å². The Kier molecular flexibility index (Phi) is 2.88. The van der Waals surface area contributed by atoms with Crippen molar-refractivity contribution < 1.29 is 9.84 Å². The minimum Gasteiger partial charge on any atom is -0.396 e. The van der Waals surface area contributed by atoms with Crippen molar-refractivity contribution in [2.75, 3.05) is 19.8 Å². The molecule has 2 heterocycles. The Labute approximate surface area is 107 Å². The van der Waals surface area contributed by atoms with Crippen LogP contribution in [0.1, 0.15) is 18.9 Å². The van der Waals surface area contributed by atoms with Gasteiger partial charge in [-0.3, -0.25) is 0 Å². The minimum absolute atomic E-state index is 0.0108. The van der Waals surface area contributed by atoms with Crippen LogP contribution in [0.25, 0.3) is 10.9 Å². The molecule has 3 rings (SSSR count). The van der Waals surface area contributed by atoms with E-state index in [9.17, 15) is 5.11 Å². The van der Waals surface area contributed by atoms with E-state index in [1.165, 1.54) is 10.9 Å². The van der Waals surface area contributed by atoms with Crippen LogP contribution in [0.4, 0.5) is 0 Å². The summed E-state index contributed by atoms with van der Waals surface area (Å²) < 4.78 is 5.47. The van der Waals surface area contributed by atoms with Gasteiger partial charge in [0.25, 0.3) is 0 Å². The number of H-pyrrole nitrogens is 1. The highest BCUT2D eigenvalue weighted by Crippen LogP contribution is 2.43. The Bertz CT molecular complexity index is 538. The van der Waals surface area contributed by atoms with E-state index >= 15 is 0 Å². The van der Waals surface area contributed by atoms with E-state index in [0.29, 0.717) is 13.2 Å². The highest BCUT2D eigenvalue weighted by atomic mass is 16.5. The molecule has 0 saturated carbocycles. The number of ether oxygens (including phenoxy) is 1. The standard InChI is InChI=1S/C15H19NO2/c1-2-11(8-17)15(9-18-10-15)13-7-16-14-6-4-3-5-12(13)14/h3-7,11,16-17H,2,8-10H2,1H3. The molecule has 0 radical (unpaired) electrons. The van der Waals surface area contributed by atoms with Crippen LogP contribution in [0.3, 0.4) is 0 Å². The molecule has 3 nitrogen and oxygen atoms in total. The quantitative estimate of drug-likeness (QED) is 0.869. The van der Waals surface area contributed by atoms with E-state index in [4.69, 9.17) is 4.74 Å². The van der Waals surface area contributed by atoms with Crippen molar-refractivity contribution in [1.82, 2.24) is 4.98 Å². The summed E-state index contributed by atoms with van der Waals surface area (Å²) in [6.45, 7) is 3.79. The van der Waals surface area contributed by atoms with Gasteiger partial charge in [-0.2, -0.15) is 0 Å². The van der Waals surface area contributed by atoms with Gasteiger partial charge in [0, 0.05) is 29.1 Å². The van der Waals surface area contributed by atoms with Crippen LogP contribution in [-0.4, -0.2) is 29.9 Å². The lowest BCUT2D eigenvalue weighted by atomic mass is 9.68. The second-order valence-corrected chi connectivity index (χ2v) is 5.18. The number of fused-ring (bicyclic) bond motifs is 1. The molecule has 0 amide bonds. The molecule has 0 aliphatic carbocycles. The van der Waals surface area contributed by atoms with Crippen LogP contribution in [0.2, 0.25) is 0 Å². The predicted molar refractivity (Wildman–Crippen MR) is 71.7 cm³/mol. The van der Waals surface area contributed by atoms with Crippen LogP contribution in [0.15, 0.2) is 30.5 Å². The molecule has 2 N–H and O–H groups in total. The number of hydrogen-bond donors (Lipinski definition) is 2. The number of hydrogen-bond acceptors (Lipinski definition) is 2. The molecule has 1 unspecified atom stereocenters. The van der Waals surface area contributed by atoms with Gasteiger partial charge in [-0.15, -0.1) is 0 Å². The average Bonchev–Trinajstić information content (AvgIpc) is 2.78. The molecule has 2 aromatic rings. The monoisotopic (exact) mass is 245 g/mol. The molecule has 0 bridgehead atoms. The van der Waals surface area contributed by atoms with Gasteiger partial charge >= 0.3 is 0 Å². The summed E-state index contributed by atoms with van der Waals surface area (Å²) in [6, 6.07) is 8.33. The molecular weight excluding hydrogens is 226 g/mol. The van der Waals surface area contributed by atoms with Crippen LogP contribution in [0.5, 0.6) is 0 Å². The second-order valence-electron chi connectivity index (χ2n) is 5.18. The fourth-order valence-corrected chi connectivity index (χ4v) is 3.11. The number of nitrogens with one attached hydrogen (secondary N) is 1. The topological polar surface area (TPSA) is 45.2 Å². The van der Waals surface area contributed by atoms with E-state index in [1.807, 2.05) is 6.07 Å². The molecule has 1 fully saturated rings. The SMILES string of the molecule is CCC(CO)C1(c2c[nH]c3ccccc23)COC1. The van der Waals surface area contributed by atoms with E-state index in [-0.39, 0.29) is 17.9 Å². The van der Waals surface area contributed by atoms with Gasteiger partial charge in [-0.05, 0) is 17.5 Å². The summed E-state index contributed by atoms with van der Waals surface area (Å²) in [5, 5.41) is 10.9. The maximum absolute atomic E-state index is 9.63. The number of para-hydroxylation sites is 1. The van der Waals surface area contributed by atoms with Gasteiger partial charge in [0.05, 0.1) is 13.2 Å². The van der Waals surface area contributed by atoms with Crippen molar-refractivity contribution in [2.24, 2.45) is 5.92 Å². The maximum Gasteiger partial charge on any atom is 0.0590 e. The summed E-state index contributed by atoms with van der Waals surface area (Å²) in [5.41, 5.74) is 2.44. The fraction of sp³-hybridized carbons (Fsp3) is 0.467. The van der Waals surface area contributed by atoms with Crippen molar-refractivity contribution in [3.8, 4) is 0 Å². The zero-order valence-corrected chi connectivity index (χ0v) is 10.6. The summed E-state index contributed by atoms with van der Waals surface area (Å²) >= 11 is 0. The third-order valence-electron chi connectivity index (χ3n) is 4.34. The first-order valence-electron chi connectivity index (χ1n) is 6.57. The molecule has 96 valence electrons. The van der Waals surface area contributed by atoms with Crippen LogP contribution in [-0.2, 0) is 10.2 Å². The molecule has 1 aliphatic heterocycles. The molecule has 0 spiro atoms. The van der Waals surface area contributed by atoms with Gasteiger partial charge in [0.15, 0.2) is 0 Å². The van der Waals surface area contributed by atoms with E-state index in [2.05, 4.69) is 36.3 Å². The number of aromatic nitrogens is 1. The van der Waals surface area contributed by atoms with Crippen molar-refractivity contribution in [1.29, 1.82) is 0 Å². The van der Waals surface area contributed by atoms with E-state index in [0.717, 1.165) is 11.9 Å². The maximum atomic E-state index is 9.63. The van der Waals surface area contributed by atoms with Crippen LogP contribution >= 0.6 is 0 Å². The number of rotatable bonds is 4. The first-order valence-corrected chi connectivity index (χ1v) is 6.57. The smallest absolute Gasteiger partial charge is 0.0590 e. The first-order chi connectivity index (χ1) is 8.81. The fourth-order valence-electron chi connectivity index (χ4n) is 3.11. The third-order valence-corrected chi connectivity index (χ3v) is 4.34. The number of aromatic amines is 1. The zero-order chi connectivity index (χ0) is 12.6. The zero-order valence-electron chi connectivity index (χ0n) is 10.6. The molecule has 3 heteroatoms.